The van der Waals surface area contributed by atoms with E-state index in [-0.39, 0.29) is 19.1 Å². The van der Waals surface area contributed by atoms with Crippen LogP contribution in [-0.4, -0.2) is 59.8 Å². The van der Waals surface area contributed by atoms with E-state index in [9.17, 15) is 4.79 Å². The van der Waals surface area contributed by atoms with Crippen molar-refractivity contribution in [2.45, 2.75) is 13.2 Å². The average molecular weight is 471 g/mol. The quantitative estimate of drug-likeness (QED) is 0.370. The highest BCUT2D eigenvalue weighted by molar-refractivity contribution is 5.94. The average Bonchev–Trinajstić information content (AvgIpc) is 3.26. The van der Waals surface area contributed by atoms with Crippen molar-refractivity contribution in [3.05, 3.63) is 90.8 Å². The van der Waals surface area contributed by atoms with Gasteiger partial charge in [-0.2, -0.15) is 0 Å². The summed E-state index contributed by atoms with van der Waals surface area (Å²) in [7, 11) is 0. The monoisotopic (exact) mass is 470 g/mol. The van der Waals surface area contributed by atoms with Gasteiger partial charge in [-0.15, -0.1) is 0 Å². The third-order valence-electron chi connectivity index (χ3n) is 6.25. The maximum Gasteiger partial charge on any atom is 0.247 e. The standard InChI is InChI=1S/C28H30N4O3/c33-28(31(23-9-3-1-4-10-23)16-15-30-17-19-34-20-18-30)21-32-26-14-8-7-13-25(26)29-27(32)22-35-24-11-5-2-6-12-24/h1-14H,15-22H2. The van der Waals surface area contributed by atoms with E-state index in [1.165, 1.54) is 0 Å². The van der Waals surface area contributed by atoms with Crippen LogP contribution in [0.3, 0.4) is 0 Å². The van der Waals surface area contributed by atoms with Gasteiger partial charge in [0.15, 0.2) is 0 Å². The summed E-state index contributed by atoms with van der Waals surface area (Å²) in [6, 6.07) is 27.5. The number of hydrogen-bond donors (Lipinski definition) is 0. The third-order valence-corrected chi connectivity index (χ3v) is 6.25. The number of fused-ring (bicyclic) bond motifs is 1. The van der Waals surface area contributed by atoms with E-state index < -0.39 is 0 Å². The van der Waals surface area contributed by atoms with Crippen molar-refractivity contribution in [1.29, 1.82) is 0 Å². The summed E-state index contributed by atoms with van der Waals surface area (Å²) >= 11 is 0. The molecule has 7 heteroatoms. The molecular weight excluding hydrogens is 440 g/mol. The second kappa shape index (κ2) is 11.2. The van der Waals surface area contributed by atoms with Gasteiger partial charge in [0.1, 0.15) is 24.7 Å². The minimum atomic E-state index is 0.0218. The Morgan fingerprint density at radius 2 is 1.60 bits per heavy atom. The Morgan fingerprint density at radius 3 is 2.37 bits per heavy atom. The van der Waals surface area contributed by atoms with Gasteiger partial charge >= 0.3 is 0 Å². The second-order valence-electron chi connectivity index (χ2n) is 8.54. The van der Waals surface area contributed by atoms with Gasteiger partial charge in [0.05, 0.1) is 24.2 Å². The number of para-hydroxylation sites is 4. The van der Waals surface area contributed by atoms with Crippen molar-refractivity contribution in [2.75, 3.05) is 44.3 Å². The van der Waals surface area contributed by atoms with E-state index in [1.54, 1.807) is 0 Å². The SMILES string of the molecule is O=C(Cn1c(COc2ccccc2)nc2ccccc21)N(CCN1CCOCC1)c1ccccc1. The zero-order valence-corrected chi connectivity index (χ0v) is 19.8. The van der Waals surface area contributed by atoms with Crippen LogP contribution in [0.15, 0.2) is 84.9 Å². The molecule has 0 radical (unpaired) electrons. The summed E-state index contributed by atoms with van der Waals surface area (Å²) in [6.07, 6.45) is 0. The number of amides is 1. The fourth-order valence-corrected chi connectivity index (χ4v) is 4.37. The van der Waals surface area contributed by atoms with Crippen molar-refractivity contribution >= 4 is 22.6 Å². The highest BCUT2D eigenvalue weighted by Gasteiger charge is 2.21. The Labute approximate surface area is 205 Å². The maximum absolute atomic E-state index is 13.7. The van der Waals surface area contributed by atoms with E-state index >= 15 is 0 Å². The van der Waals surface area contributed by atoms with E-state index in [4.69, 9.17) is 14.5 Å². The summed E-state index contributed by atoms with van der Waals surface area (Å²) in [6.45, 7) is 5.16. The van der Waals surface area contributed by atoms with E-state index in [2.05, 4.69) is 4.90 Å². The number of carbonyl (C=O) groups is 1. The molecule has 0 aliphatic carbocycles. The predicted octanol–water partition coefficient (Wildman–Crippen LogP) is 3.98. The predicted molar refractivity (Wildman–Crippen MR) is 137 cm³/mol. The molecule has 3 aromatic carbocycles. The molecule has 1 fully saturated rings. The Balaban J connectivity index is 1.38. The van der Waals surface area contributed by atoms with Gasteiger partial charge in [0, 0.05) is 31.9 Å². The summed E-state index contributed by atoms with van der Waals surface area (Å²) < 4.78 is 13.4. The fourth-order valence-electron chi connectivity index (χ4n) is 4.37. The van der Waals surface area contributed by atoms with Gasteiger partial charge in [0.2, 0.25) is 5.91 Å². The molecule has 7 nitrogen and oxygen atoms in total. The lowest BCUT2D eigenvalue weighted by atomic mass is 10.2. The molecule has 180 valence electrons. The van der Waals surface area contributed by atoms with Crippen molar-refractivity contribution in [3.63, 3.8) is 0 Å². The molecule has 0 atom stereocenters. The van der Waals surface area contributed by atoms with Crippen LogP contribution in [0.4, 0.5) is 5.69 Å². The molecule has 1 aliphatic rings. The molecule has 1 aromatic heterocycles. The van der Waals surface area contributed by atoms with Gasteiger partial charge in [0.25, 0.3) is 0 Å². The lowest BCUT2D eigenvalue weighted by Crippen LogP contribution is -2.44. The number of imidazole rings is 1. The molecule has 0 spiro atoms. The first-order valence-corrected chi connectivity index (χ1v) is 12.1. The molecule has 0 N–H and O–H groups in total. The maximum atomic E-state index is 13.7. The first kappa shape index (κ1) is 23.1. The van der Waals surface area contributed by atoms with Crippen molar-refractivity contribution < 1.29 is 14.3 Å². The van der Waals surface area contributed by atoms with E-state index in [0.717, 1.165) is 61.1 Å². The number of morpholine rings is 1. The van der Waals surface area contributed by atoms with Gasteiger partial charge in [-0.05, 0) is 36.4 Å². The summed E-state index contributed by atoms with van der Waals surface area (Å²) in [5.41, 5.74) is 2.68. The molecule has 1 saturated heterocycles. The number of rotatable bonds is 9. The molecular formula is C28H30N4O3. The van der Waals surface area contributed by atoms with Crippen LogP contribution in [0.5, 0.6) is 5.75 Å². The highest BCUT2D eigenvalue weighted by Crippen LogP contribution is 2.20. The Hall–Kier alpha value is -3.68. The fraction of sp³-hybridized carbons (Fsp3) is 0.286. The highest BCUT2D eigenvalue weighted by atomic mass is 16.5. The Kier molecular flexibility index (Phi) is 7.36. The van der Waals surface area contributed by atoms with Crippen molar-refractivity contribution in [1.82, 2.24) is 14.5 Å². The number of anilines is 1. The number of benzene rings is 3. The molecule has 1 amide bonds. The van der Waals surface area contributed by atoms with Crippen LogP contribution in [0.1, 0.15) is 5.82 Å². The smallest absolute Gasteiger partial charge is 0.247 e. The molecule has 0 unspecified atom stereocenters. The molecule has 35 heavy (non-hydrogen) atoms. The minimum absolute atomic E-state index is 0.0218. The van der Waals surface area contributed by atoms with E-state index in [0.29, 0.717) is 6.54 Å². The van der Waals surface area contributed by atoms with Crippen molar-refractivity contribution in [3.8, 4) is 5.75 Å². The van der Waals surface area contributed by atoms with Gasteiger partial charge in [-0.3, -0.25) is 9.69 Å². The lowest BCUT2D eigenvalue weighted by molar-refractivity contribution is -0.119. The van der Waals surface area contributed by atoms with Crippen LogP contribution >= 0.6 is 0 Å². The van der Waals surface area contributed by atoms with Gasteiger partial charge < -0.3 is 18.9 Å². The zero-order chi connectivity index (χ0) is 23.9. The van der Waals surface area contributed by atoms with E-state index in [1.807, 2.05) is 94.4 Å². The zero-order valence-electron chi connectivity index (χ0n) is 19.8. The van der Waals surface area contributed by atoms with Crippen LogP contribution < -0.4 is 9.64 Å². The summed E-state index contributed by atoms with van der Waals surface area (Å²) in [5.74, 6) is 1.52. The third kappa shape index (κ3) is 5.70. The lowest BCUT2D eigenvalue weighted by Gasteiger charge is -2.30. The molecule has 1 aliphatic heterocycles. The topological polar surface area (TPSA) is 59.8 Å². The second-order valence-corrected chi connectivity index (χ2v) is 8.54. The summed E-state index contributed by atoms with van der Waals surface area (Å²) in [4.78, 5) is 22.8. The number of carbonyl (C=O) groups excluding carboxylic acids is 1. The normalized spacial score (nSPS) is 14.2. The van der Waals surface area contributed by atoms with Crippen molar-refractivity contribution in [2.24, 2.45) is 0 Å². The van der Waals surface area contributed by atoms with Gasteiger partial charge in [-0.1, -0.05) is 48.5 Å². The molecule has 5 rings (SSSR count). The first-order chi connectivity index (χ1) is 17.3. The number of nitrogens with zero attached hydrogens (tertiary/aromatic N) is 4. The summed E-state index contributed by atoms with van der Waals surface area (Å²) in [5, 5.41) is 0. The molecule has 0 saturated carbocycles. The number of ether oxygens (including phenoxy) is 2. The number of aromatic nitrogens is 2. The van der Waals surface area contributed by atoms with Gasteiger partial charge in [-0.25, -0.2) is 4.98 Å². The van der Waals surface area contributed by atoms with Crippen LogP contribution in [0, 0.1) is 0 Å². The molecule has 2 heterocycles. The Bertz CT molecular complexity index is 1240. The molecule has 0 bridgehead atoms. The molecule has 4 aromatic rings. The first-order valence-electron chi connectivity index (χ1n) is 12.1. The Morgan fingerprint density at radius 1 is 0.914 bits per heavy atom. The van der Waals surface area contributed by atoms with Crippen LogP contribution in [0.2, 0.25) is 0 Å². The number of hydrogen-bond acceptors (Lipinski definition) is 5. The minimum Gasteiger partial charge on any atom is -0.486 e. The van der Waals surface area contributed by atoms with Crippen LogP contribution in [-0.2, 0) is 22.7 Å². The largest absolute Gasteiger partial charge is 0.486 e. The van der Waals surface area contributed by atoms with Crippen LogP contribution in [0.25, 0.3) is 11.0 Å².